The molecule has 1 aliphatic heterocycles. The Hall–Kier alpha value is -0.830. The van der Waals surface area contributed by atoms with Crippen molar-refractivity contribution >= 4 is 5.91 Å². The summed E-state index contributed by atoms with van der Waals surface area (Å²) in [6.45, 7) is 10.4. The van der Waals surface area contributed by atoms with Gasteiger partial charge in [-0.05, 0) is 79.1 Å². The van der Waals surface area contributed by atoms with E-state index < -0.39 is 0 Å². The smallest absolute Gasteiger partial charge is 0.219 e. The van der Waals surface area contributed by atoms with Crippen LogP contribution in [0.4, 0.5) is 0 Å². The summed E-state index contributed by atoms with van der Waals surface area (Å²) in [5.41, 5.74) is 1.70. The first-order chi connectivity index (χ1) is 11.8. The molecule has 6 rings (SSSR count). The second kappa shape index (κ2) is 4.91. The van der Waals surface area contributed by atoms with Crippen molar-refractivity contribution in [1.29, 1.82) is 0 Å². The predicted molar refractivity (Wildman–Crippen MR) is 97.8 cm³/mol. The van der Waals surface area contributed by atoms with Crippen molar-refractivity contribution < 1.29 is 9.90 Å². The first-order valence-corrected chi connectivity index (χ1v) is 10.4. The van der Waals surface area contributed by atoms with Gasteiger partial charge in [-0.1, -0.05) is 19.9 Å². The maximum Gasteiger partial charge on any atom is 0.219 e. The second-order valence-corrected chi connectivity index (χ2v) is 10.4. The lowest BCUT2D eigenvalue weighted by Crippen LogP contribution is -2.71. The molecule has 3 heteroatoms. The Morgan fingerprint density at radius 2 is 1.88 bits per heavy atom. The van der Waals surface area contributed by atoms with Crippen LogP contribution in [0.25, 0.3) is 0 Å². The Balaban J connectivity index is 1.63. The number of aliphatic hydroxyl groups is 1. The van der Waals surface area contributed by atoms with Crippen molar-refractivity contribution in [3.63, 3.8) is 0 Å². The van der Waals surface area contributed by atoms with E-state index in [-0.39, 0.29) is 28.3 Å². The van der Waals surface area contributed by atoms with Crippen LogP contribution in [0.5, 0.6) is 0 Å². The molecule has 5 saturated carbocycles. The highest BCUT2D eigenvalue weighted by Crippen LogP contribution is 2.73. The summed E-state index contributed by atoms with van der Waals surface area (Å²) in [4.78, 5) is 14.5. The van der Waals surface area contributed by atoms with E-state index in [0.29, 0.717) is 11.8 Å². The number of piperidine rings is 1. The third-order valence-electron chi connectivity index (χ3n) is 9.59. The van der Waals surface area contributed by atoms with Crippen LogP contribution in [-0.4, -0.2) is 35.1 Å². The van der Waals surface area contributed by atoms with E-state index in [9.17, 15) is 9.90 Å². The van der Waals surface area contributed by atoms with E-state index in [1.165, 1.54) is 51.4 Å². The fourth-order valence-electron chi connectivity index (χ4n) is 8.64. The number of likely N-dealkylation sites (tertiary alicyclic amines) is 1. The Labute approximate surface area is 151 Å². The number of fused-ring (bicyclic) bond motifs is 2. The molecule has 7 atom stereocenters. The molecule has 1 amide bonds. The molecule has 1 saturated heterocycles. The summed E-state index contributed by atoms with van der Waals surface area (Å²) in [7, 11) is 0. The molecule has 0 aromatic carbocycles. The molecule has 138 valence electrons. The largest absolute Gasteiger partial charge is 0.388 e. The lowest BCUT2D eigenvalue weighted by atomic mass is 9.35. The van der Waals surface area contributed by atoms with Crippen LogP contribution >= 0.6 is 0 Å². The zero-order valence-corrected chi connectivity index (χ0v) is 15.9. The van der Waals surface area contributed by atoms with E-state index in [1.807, 2.05) is 0 Å². The molecule has 1 spiro atoms. The number of rotatable bonds is 0. The van der Waals surface area contributed by atoms with E-state index in [2.05, 4.69) is 18.4 Å². The Morgan fingerprint density at radius 3 is 2.64 bits per heavy atom. The zero-order chi connectivity index (χ0) is 17.6. The summed E-state index contributed by atoms with van der Waals surface area (Å²) < 4.78 is 0. The topological polar surface area (TPSA) is 40.5 Å². The van der Waals surface area contributed by atoms with Gasteiger partial charge in [-0.3, -0.25) is 4.79 Å². The van der Waals surface area contributed by atoms with Crippen molar-refractivity contribution in [2.75, 3.05) is 13.1 Å². The number of carbonyl (C=O) groups is 1. The number of aliphatic hydroxyl groups excluding tert-OH is 1. The quantitative estimate of drug-likeness (QED) is 0.680. The highest BCUT2D eigenvalue weighted by molar-refractivity contribution is 5.73. The normalized spacial score (nSPS) is 54.0. The average molecular weight is 344 g/mol. The molecule has 6 fully saturated rings. The van der Waals surface area contributed by atoms with Gasteiger partial charge in [0.05, 0.1) is 6.10 Å². The molecule has 0 radical (unpaired) electrons. The van der Waals surface area contributed by atoms with Crippen LogP contribution in [0.3, 0.4) is 0 Å². The van der Waals surface area contributed by atoms with Crippen LogP contribution in [0.1, 0.15) is 65.2 Å². The summed E-state index contributed by atoms with van der Waals surface area (Å²) in [5.74, 6) is 2.08. The molecule has 4 bridgehead atoms. The van der Waals surface area contributed by atoms with Gasteiger partial charge >= 0.3 is 0 Å². The van der Waals surface area contributed by atoms with Gasteiger partial charge in [-0.25, -0.2) is 0 Å². The Morgan fingerprint density at radius 1 is 1.12 bits per heavy atom. The summed E-state index contributed by atoms with van der Waals surface area (Å²) >= 11 is 0. The standard InChI is InChI=1S/C22H33NO2/c1-14-16-5-9-21(19(14)25)10-6-17-20(3)7-4-8-22(17,18(21)11-16)13-23(12-20)15(2)24/h16-19,25H,1,4-13H2,2-3H3/t16-,17+,18+,19-,20-,21-,22-/m0/s1. The van der Waals surface area contributed by atoms with E-state index in [0.717, 1.165) is 24.6 Å². The van der Waals surface area contributed by atoms with E-state index in [1.54, 1.807) is 6.92 Å². The fourth-order valence-corrected chi connectivity index (χ4v) is 8.64. The van der Waals surface area contributed by atoms with Gasteiger partial charge in [0.25, 0.3) is 0 Å². The number of amides is 1. The molecular weight excluding hydrogens is 310 g/mol. The maximum atomic E-state index is 12.3. The molecule has 3 nitrogen and oxygen atoms in total. The zero-order valence-electron chi connectivity index (χ0n) is 15.9. The highest BCUT2D eigenvalue weighted by atomic mass is 16.3. The molecule has 25 heavy (non-hydrogen) atoms. The lowest BCUT2D eigenvalue weighted by molar-refractivity contribution is -0.238. The van der Waals surface area contributed by atoms with Crippen LogP contribution in [0.15, 0.2) is 12.2 Å². The van der Waals surface area contributed by atoms with Gasteiger partial charge in [0.2, 0.25) is 5.91 Å². The number of hydrogen-bond donors (Lipinski definition) is 1. The van der Waals surface area contributed by atoms with Crippen molar-refractivity contribution in [1.82, 2.24) is 4.90 Å². The molecule has 1 N–H and O–H groups in total. The van der Waals surface area contributed by atoms with Gasteiger partial charge < -0.3 is 10.0 Å². The van der Waals surface area contributed by atoms with Crippen LogP contribution < -0.4 is 0 Å². The lowest BCUT2D eigenvalue weighted by Gasteiger charge is -2.72. The Bertz CT molecular complexity index is 644. The predicted octanol–water partition coefficient (Wildman–Crippen LogP) is 3.77. The Kier molecular flexibility index (Phi) is 3.21. The maximum absolute atomic E-state index is 12.3. The van der Waals surface area contributed by atoms with Gasteiger partial charge in [-0.2, -0.15) is 0 Å². The minimum Gasteiger partial charge on any atom is -0.388 e. The molecule has 0 aromatic rings. The van der Waals surface area contributed by atoms with Crippen molar-refractivity contribution in [3.8, 4) is 0 Å². The van der Waals surface area contributed by atoms with Gasteiger partial charge in [0.15, 0.2) is 0 Å². The molecule has 0 aromatic heterocycles. The summed E-state index contributed by atoms with van der Waals surface area (Å²) in [6.07, 6.45) is 9.55. The van der Waals surface area contributed by atoms with Gasteiger partial charge in [0.1, 0.15) is 0 Å². The van der Waals surface area contributed by atoms with E-state index in [4.69, 9.17) is 0 Å². The minimum atomic E-state index is -0.304. The number of nitrogens with zero attached hydrogens (tertiary/aromatic N) is 1. The molecular formula is C22H33NO2. The van der Waals surface area contributed by atoms with E-state index >= 15 is 0 Å². The first-order valence-electron chi connectivity index (χ1n) is 10.4. The van der Waals surface area contributed by atoms with Crippen molar-refractivity contribution in [2.45, 2.75) is 71.3 Å². The SMILES string of the molecule is C=C1[C@H]2CC[C@@]3(CC[C@@H]4[C@@]5(C)CCC[C@@]4(CN(C(C)=O)C5)[C@@H]3C2)[C@H]1O. The van der Waals surface area contributed by atoms with Gasteiger partial charge in [-0.15, -0.1) is 0 Å². The number of carbonyl (C=O) groups excluding carboxylic acids is 1. The van der Waals surface area contributed by atoms with Crippen LogP contribution in [-0.2, 0) is 4.79 Å². The molecule has 1 heterocycles. The second-order valence-electron chi connectivity index (χ2n) is 10.4. The van der Waals surface area contributed by atoms with Crippen molar-refractivity contribution in [2.24, 2.45) is 34.0 Å². The van der Waals surface area contributed by atoms with Crippen molar-refractivity contribution in [3.05, 3.63) is 12.2 Å². The van der Waals surface area contributed by atoms with Gasteiger partial charge in [0, 0.05) is 25.4 Å². The minimum absolute atomic E-state index is 0.0559. The number of hydrogen-bond acceptors (Lipinski definition) is 2. The van der Waals surface area contributed by atoms with Crippen LogP contribution in [0, 0.1) is 34.0 Å². The summed E-state index contributed by atoms with van der Waals surface area (Å²) in [5, 5.41) is 11.2. The average Bonchev–Trinajstić information content (AvgIpc) is 2.57. The third-order valence-corrected chi connectivity index (χ3v) is 9.59. The summed E-state index contributed by atoms with van der Waals surface area (Å²) in [6, 6.07) is 0. The molecule has 6 aliphatic rings. The monoisotopic (exact) mass is 343 g/mol. The van der Waals surface area contributed by atoms with Crippen LogP contribution in [0.2, 0.25) is 0 Å². The molecule has 5 aliphatic carbocycles. The highest BCUT2D eigenvalue weighted by Gasteiger charge is 2.69. The fraction of sp³-hybridized carbons (Fsp3) is 0.864. The molecule has 0 unspecified atom stereocenters. The first kappa shape index (κ1) is 16.4. The third kappa shape index (κ3) is 1.84.